The number of carbonyl (C=O) groups excluding carboxylic acids is 1. The van der Waals surface area contributed by atoms with Gasteiger partial charge in [0, 0.05) is 31.5 Å². The number of pyridine rings is 1. The fourth-order valence-corrected chi connectivity index (χ4v) is 3.46. The van der Waals surface area contributed by atoms with Crippen molar-refractivity contribution in [3.63, 3.8) is 0 Å². The van der Waals surface area contributed by atoms with Gasteiger partial charge < -0.3 is 25.4 Å². The first-order chi connectivity index (χ1) is 14.8. The minimum Gasteiger partial charge on any atom is -0.406 e. The third kappa shape index (κ3) is 5.05. The quantitative estimate of drug-likeness (QED) is 0.666. The van der Waals surface area contributed by atoms with Crippen LogP contribution < -0.4 is 20.3 Å². The lowest BCUT2D eigenvalue weighted by Gasteiger charge is -2.21. The fraction of sp³-hybridized carbons (Fsp3) is 0.350. The van der Waals surface area contributed by atoms with E-state index < -0.39 is 18.4 Å². The largest absolute Gasteiger partial charge is 0.573 e. The second-order valence-electron chi connectivity index (χ2n) is 7.17. The number of aliphatic imine (C=N–C) groups is 1. The molecule has 2 aliphatic rings. The highest BCUT2D eigenvalue weighted by molar-refractivity contribution is 6.09. The maximum Gasteiger partial charge on any atom is 0.573 e. The number of amides is 1. The smallest absolute Gasteiger partial charge is 0.406 e. The van der Waals surface area contributed by atoms with E-state index in [-0.39, 0.29) is 11.3 Å². The molecule has 1 aromatic carbocycles. The third-order valence-electron chi connectivity index (χ3n) is 4.87. The molecule has 1 unspecified atom stereocenters. The first-order valence-electron chi connectivity index (χ1n) is 9.67. The first-order valence-corrected chi connectivity index (χ1v) is 9.67. The Morgan fingerprint density at radius 3 is 2.68 bits per heavy atom. The molecule has 1 amide bonds. The number of aromatic nitrogens is 1. The Bertz CT molecular complexity index is 995. The number of β-amino-alcohol motifs (C(OH)–C–C–N with tert-alkyl or cyclic N) is 1. The molecular formula is C20H20F3N5O3. The van der Waals surface area contributed by atoms with Crippen molar-refractivity contribution in [2.24, 2.45) is 4.99 Å². The van der Waals surface area contributed by atoms with Crippen molar-refractivity contribution < 1.29 is 27.8 Å². The zero-order chi connectivity index (χ0) is 22.0. The van der Waals surface area contributed by atoms with Crippen LogP contribution in [0, 0.1) is 0 Å². The van der Waals surface area contributed by atoms with Gasteiger partial charge in [-0.2, -0.15) is 0 Å². The molecule has 164 valence electrons. The molecule has 0 saturated carbocycles. The van der Waals surface area contributed by atoms with Crippen molar-refractivity contribution in [3.8, 4) is 5.75 Å². The number of halogens is 3. The number of nitrogens with zero attached hydrogens (tertiary/aromatic N) is 3. The Kier molecular flexibility index (Phi) is 5.68. The van der Waals surface area contributed by atoms with Gasteiger partial charge >= 0.3 is 6.36 Å². The van der Waals surface area contributed by atoms with E-state index >= 15 is 0 Å². The second-order valence-corrected chi connectivity index (χ2v) is 7.17. The average Bonchev–Trinajstić information content (AvgIpc) is 3.40. The summed E-state index contributed by atoms with van der Waals surface area (Å²) in [4.78, 5) is 23.5. The van der Waals surface area contributed by atoms with Crippen LogP contribution in [0.2, 0.25) is 0 Å². The standard InChI is InChI=1S/C20H20F3N5O3/c21-20(22,23)31-15-3-1-13(2-4-15)27-19(30)12-9-16(17-24-6-7-25-17)18(26-10-12)28-8-5-14(29)11-28/h1-4,9-10,14,29H,5-8,11H2,(H,24,25)(H,27,30). The summed E-state index contributed by atoms with van der Waals surface area (Å²) in [5.74, 6) is 0.420. The molecule has 3 heterocycles. The Labute approximate surface area is 175 Å². The third-order valence-corrected chi connectivity index (χ3v) is 4.87. The SMILES string of the molecule is O=C(Nc1ccc(OC(F)(F)F)cc1)c1cnc(N2CCC(O)C2)c(C2=NCCN2)c1. The van der Waals surface area contributed by atoms with Crippen molar-refractivity contribution in [1.29, 1.82) is 0 Å². The van der Waals surface area contributed by atoms with Crippen LogP contribution in [-0.4, -0.2) is 60.5 Å². The Hall–Kier alpha value is -3.34. The summed E-state index contributed by atoms with van der Waals surface area (Å²) < 4.78 is 40.6. The van der Waals surface area contributed by atoms with Gasteiger partial charge in [0.1, 0.15) is 17.4 Å². The number of rotatable bonds is 5. The Morgan fingerprint density at radius 2 is 2.06 bits per heavy atom. The molecule has 4 rings (SSSR count). The lowest BCUT2D eigenvalue weighted by Crippen LogP contribution is -2.28. The molecule has 1 aromatic heterocycles. The highest BCUT2D eigenvalue weighted by atomic mass is 19.4. The van der Waals surface area contributed by atoms with Crippen LogP contribution in [0.1, 0.15) is 22.3 Å². The molecule has 31 heavy (non-hydrogen) atoms. The highest BCUT2D eigenvalue weighted by Gasteiger charge is 2.31. The van der Waals surface area contributed by atoms with Gasteiger partial charge in [-0.1, -0.05) is 0 Å². The summed E-state index contributed by atoms with van der Waals surface area (Å²) in [6, 6.07) is 6.53. The van der Waals surface area contributed by atoms with Crippen LogP contribution in [-0.2, 0) is 0 Å². The number of aliphatic hydroxyl groups is 1. The van der Waals surface area contributed by atoms with E-state index in [0.717, 1.165) is 12.1 Å². The normalized spacial score (nSPS) is 18.5. The van der Waals surface area contributed by atoms with Crippen molar-refractivity contribution in [1.82, 2.24) is 10.3 Å². The van der Waals surface area contributed by atoms with Gasteiger partial charge in [0.2, 0.25) is 0 Å². The van der Waals surface area contributed by atoms with Gasteiger partial charge in [-0.05, 0) is 36.8 Å². The average molecular weight is 435 g/mol. The van der Waals surface area contributed by atoms with Gasteiger partial charge in [0.05, 0.1) is 23.8 Å². The number of carbonyl (C=O) groups is 1. The van der Waals surface area contributed by atoms with Gasteiger partial charge in [-0.15, -0.1) is 13.2 Å². The molecule has 0 aliphatic carbocycles. The lowest BCUT2D eigenvalue weighted by molar-refractivity contribution is -0.274. The van der Waals surface area contributed by atoms with Gasteiger partial charge in [-0.3, -0.25) is 9.79 Å². The molecule has 8 nitrogen and oxygen atoms in total. The van der Waals surface area contributed by atoms with E-state index in [1.54, 1.807) is 6.07 Å². The predicted octanol–water partition coefficient (Wildman–Crippen LogP) is 2.15. The first kappa shape index (κ1) is 20.9. The minimum atomic E-state index is -4.78. The summed E-state index contributed by atoms with van der Waals surface area (Å²) in [6.45, 7) is 2.39. The monoisotopic (exact) mass is 435 g/mol. The predicted molar refractivity (Wildman–Crippen MR) is 108 cm³/mol. The van der Waals surface area contributed by atoms with Crippen LogP contribution in [0.25, 0.3) is 0 Å². The number of benzene rings is 1. The Morgan fingerprint density at radius 1 is 1.29 bits per heavy atom. The number of hydrogen-bond donors (Lipinski definition) is 3. The molecular weight excluding hydrogens is 415 g/mol. The molecule has 0 spiro atoms. The molecule has 2 aromatic rings. The molecule has 11 heteroatoms. The number of aliphatic hydroxyl groups excluding tert-OH is 1. The van der Waals surface area contributed by atoms with Crippen molar-refractivity contribution in [3.05, 3.63) is 47.7 Å². The van der Waals surface area contributed by atoms with Crippen molar-refractivity contribution in [2.75, 3.05) is 36.4 Å². The molecule has 1 fully saturated rings. The van der Waals surface area contributed by atoms with E-state index in [1.807, 2.05) is 4.90 Å². The van der Waals surface area contributed by atoms with E-state index in [0.29, 0.717) is 55.5 Å². The number of nitrogens with one attached hydrogen (secondary N) is 2. The highest BCUT2D eigenvalue weighted by Crippen LogP contribution is 2.26. The Balaban J connectivity index is 1.53. The number of alkyl halides is 3. The maximum atomic E-state index is 12.7. The summed E-state index contributed by atoms with van der Waals surface area (Å²) in [5.41, 5.74) is 1.24. The van der Waals surface area contributed by atoms with Crippen molar-refractivity contribution in [2.45, 2.75) is 18.9 Å². The van der Waals surface area contributed by atoms with E-state index in [4.69, 9.17) is 0 Å². The van der Waals surface area contributed by atoms with Crippen molar-refractivity contribution >= 4 is 23.2 Å². The van der Waals surface area contributed by atoms with E-state index in [1.165, 1.54) is 18.3 Å². The minimum absolute atomic E-state index is 0.269. The number of ether oxygens (including phenoxy) is 1. The van der Waals surface area contributed by atoms with Gasteiger partial charge in [-0.25, -0.2) is 4.98 Å². The topological polar surface area (TPSA) is 99.1 Å². The van der Waals surface area contributed by atoms with E-state index in [9.17, 15) is 23.1 Å². The van der Waals surface area contributed by atoms with E-state index in [2.05, 4.69) is 25.3 Å². The van der Waals surface area contributed by atoms with Crippen LogP contribution in [0.5, 0.6) is 5.75 Å². The molecule has 1 saturated heterocycles. The molecule has 1 atom stereocenters. The second kappa shape index (κ2) is 8.42. The maximum absolute atomic E-state index is 12.7. The zero-order valence-electron chi connectivity index (χ0n) is 16.3. The van der Waals surface area contributed by atoms with Crippen LogP contribution in [0.4, 0.5) is 24.7 Å². The molecule has 0 radical (unpaired) electrons. The summed E-state index contributed by atoms with van der Waals surface area (Å²) in [7, 11) is 0. The van der Waals surface area contributed by atoms with Crippen LogP contribution in [0.3, 0.4) is 0 Å². The molecule has 0 bridgehead atoms. The summed E-state index contributed by atoms with van der Waals surface area (Å²) >= 11 is 0. The number of anilines is 2. The molecule has 2 aliphatic heterocycles. The molecule has 3 N–H and O–H groups in total. The van der Waals surface area contributed by atoms with Crippen LogP contribution in [0.15, 0.2) is 41.5 Å². The fourth-order valence-electron chi connectivity index (χ4n) is 3.46. The number of hydrogen-bond acceptors (Lipinski definition) is 7. The number of amidine groups is 1. The lowest BCUT2D eigenvalue weighted by atomic mass is 10.1. The van der Waals surface area contributed by atoms with Gasteiger partial charge in [0.25, 0.3) is 5.91 Å². The van der Waals surface area contributed by atoms with Crippen LogP contribution >= 0.6 is 0 Å². The summed E-state index contributed by atoms with van der Waals surface area (Å²) in [6.07, 6.45) is -3.15. The summed E-state index contributed by atoms with van der Waals surface area (Å²) in [5, 5.41) is 15.7. The van der Waals surface area contributed by atoms with Gasteiger partial charge in [0.15, 0.2) is 0 Å². The zero-order valence-corrected chi connectivity index (χ0v) is 16.3.